The van der Waals surface area contributed by atoms with E-state index in [4.69, 9.17) is 17.3 Å². The molecule has 0 bridgehead atoms. The van der Waals surface area contributed by atoms with E-state index in [1.54, 1.807) is 13.0 Å². The molecule has 0 spiro atoms. The minimum Gasteiger partial charge on any atom is -0.391 e. The summed E-state index contributed by atoms with van der Waals surface area (Å²) in [5, 5.41) is 10.0. The Morgan fingerprint density at radius 2 is 2.08 bits per heavy atom. The summed E-state index contributed by atoms with van der Waals surface area (Å²) in [7, 11) is 0. The lowest BCUT2D eigenvalue weighted by Gasteiger charge is -2.17. The maximum absolute atomic E-state index is 9.31. The van der Waals surface area contributed by atoms with Crippen LogP contribution in [0.3, 0.4) is 0 Å². The molecule has 1 aromatic rings. The van der Waals surface area contributed by atoms with Crippen molar-refractivity contribution in [1.29, 1.82) is 0 Å². The molecule has 0 aliphatic rings. The normalized spacial score (nSPS) is 15.5. The average molecular weight is 200 g/mol. The second-order valence-corrected chi connectivity index (χ2v) is 3.70. The van der Waals surface area contributed by atoms with Crippen molar-refractivity contribution in [2.75, 3.05) is 0 Å². The van der Waals surface area contributed by atoms with Crippen molar-refractivity contribution in [3.8, 4) is 0 Å². The van der Waals surface area contributed by atoms with Crippen molar-refractivity contribution in [2.24, 2.45) is 5.73 Å². The van der Waals surface area contributed by atoms with Gasteiger partial charge in [-0.05, 0) is 37.1 Å². The first kappa shape index (κ1) is 10.5. The lowest BCUT2D eigenvalue weighted by molar-refractivity contribution is 0.164. The van der Waals surface area contributed by atoms with E-state index in [9.17, 15) is 5.11 Å². The summed E-state index contributed by atoms with van der Waals surface area (Å²) < 4.78 is 0. The monoisotopic (exact) mass is 199 g/mol. The minimum absolute atomic E-state index is 0.336. The Labute approximate surface area is 83.3 Å². The Morgan fingerprint density at radius 3 is 2.54 bits per heavy atom. The van der Waals surface area contributed by atoms with Crippen LogP contribution in [0.25, 0.3) is 0 Å². The van der Waals surface area contributed by atoms with Gasteiger partial charge in [0.05, 0.1) is 12.1 Å². The number of rotatable bonds is 2. The average Bonchev–Trinajstić information content (AvgIpc) is 2.03. The molecule has 0 heterocycles. The minimum atomic E-state index is -0.542. The standard InChI is InChI=1S/C10H14ClNO/c1-6-5-8(11)3-4-9(6)10(12)7(2)13/h3-5,7,10,13H,12H2,1-2H3/t7?,10-/m1/s1. The highest BCUT2D eigenvalue weighted by Gasteiger charge is 2.13. The smallest absolute Gasteiger partial charge is 0.0704 e. The van der Waals surface area contributed by atoms with Crippen LogP contribution < -0.4 is 5.73 Å². The van der Waals surface area contributed by atoms with E-state index >= 15 is 0 Å². The molecule has 0 amide bonds. The molecular formula is C10H14ClNO. The summed E-state index contributed by atoms with van der Waals surface area (Å²) in [5.41, 5.74) is 7.75. The molecule has 0 aliphatic carbocycles. The number of hydrogen-bond acceptors (Lipinski definition) is 2. The number of halogens is 1. The van der Waals surface area contributed by atoms with Gasteiger partial charge in [-0.1, -0.05) is 17.7 Å². The quantitative estimate of drug-likeness (QED) is 0.766. The van der Waals surface area contributed by atoms with Gasteiger partial charge in [-0.3, -0.25) is 0 Å². The summed E-state index contributed by atoms with van der Waals surface area (Å²) in [4.78, 5) is 0. The SMILES string of the molecule is Cc1cc(Cl)ccc1[C@H](N)C(C)O. The molecule has 0 saturated heterocycles. The largest absolute Gasteiger partial charge is 0.391 e. The second kappa shape index (κ2) is 4.09. The highest BCUT2D eigenvalue weighted by atomic mass is 35.5. The maximum Gasteiger partial charge on any atom is 0.0704 e. The summed E-state index contributed by atoms with van der Waals surface area (Å²) in [6.45, 7) is 3.61. The number of hydrogen-bond donors (Lipinski definition) is 2. The van der Waals surface area contributed by atoms with Crippen LogP contribution in [0, 0.1) is 6.92 Å². The molecule has 72 valence electrons. The van der Waals surface area contributed by atoms with Crippen molar-refractivity contribution >= 4 is 11.6 Å². The number of benzene rings is 1. The molecule has 13 heavy (non-hydrogen) atoms. The fraction of sp³-hybridized carbons (Fsp3) is 0.400. The second-order valence-electron chi connectivity index (χ2n) is 3.27. The molecule has 0 aromatic heterocycles. The molecule has 0 fully saturated rings. The van der Waals surface area contributed by atoms with Crippen LogP contribution in [0.5, 0.6) is 0 Å². The van der Waals surface area contributed by atoms with Gasteiger partial charge in [0.2, 0.25) is 0 Å². The van der Waals surface area contributed by atoms with Crippen LogP contribution in [0.15, 0.2) is 18.2 Å². The van der Waals surface area contributed by atoms with E-state index in [-0.39, 0.29) is 6.04 Å². The summed E-state index contributed by atoms with van der Waals surface area (Å²) in [6.07, 6.45) is -0.542. The van der Waals surface area contributed by atoms with E-state index in [1.165, 1.54) is 0 Å². The third kappa shape index (κ3) is 2.44. The van der Waals surface area contributed by atoms with Crippen LogP contribution in [0.1, 0.15) is 24.1 Å². The summed E-state index contributed by atoms with van der Waals surface area (Å²) in [5.74, 6) is 0. The van der Waals surface area contributed by atoms with E-state index in [0.717, 1.165) is 11.1 Å². The van der Waals surface area contributed by atoms with Crippen LogP contribution in [0.4, 0.5) is 0 Å². The first-order valence-electron chi connectivity index (χ1n) is 4.22. The van der Waals surface area contributed by atoms with Gasteiger partial charge in [0, 0.05) is 5.02 Å². The Morgan fingerprint density at radius 1 is 1.46 bits per heavy atom. The van der Waals surface area contributed by atoms with Gasteiger partial charge < -0.3 is 10.8 Å². The van der Waals surface area contributed by atoms with Crippen LogP contribution in [-0.2, 0) is 0 Å². The highest BCUT2D eigenvalue weighted by Crippen LogP contribution is 2.21. The molecule has 2 nitrogen and oxygen atoms in total. The molecular weight excluding hydrogens is 186 g/mol. The van der Waals surface area contributed by atoms with Crippen LogP contribution >= 0.6 is 11.6 Å². The maximum atomic E-state index is 9.31. The first-order chi connectivity index (χ1) is 6.02. The van der Waals surface area contributed by atoms with Gasteiger partial charge in [-0.15, -0.1) is 0 Å². The predicted molar refractivity (Wildman–Crippen MR) is 54.8 cm³/mol. The Balaban J connectivity index is 3.01. The van der Waals surface area contributed by atoms with Crippen LogP contribution in [-0.4, -0.2) is 11.2 Å². The first-order valence-corrected chi connectivity index (χ1v) is 4.60. The molecule has 0 saturated carbocycles. The number of aryl methyl sites for hydroxylation is 1. The van der Waals surface area contributed by atoms with Gasteiger partial charge in [-0.25, -0.2) is 0 Å². The van der Waals surface area contributed by atoms with E-state index in [0.29, 0.717) is 5.02 Å². The zero-order chi connectivity index (χ0) is 10.0. The molecule has 2 atom stereocenters. The molecule has 0 radical (unpaired) electrons. The predicted octanol–water partition coefficient (Wildman–Crippen LogP) is 2.03. The van der Waals surface area contributed by atoms with Crippen molar-refractivity contribution in [3.05, 3.63) is 34.3 Å². The molecule has 0 aliphatic heterocycles. The Bertz CT molecular complexity index is 299. The third-order valence-corrected chi connectivity index (χ3v) is 2.35. The highest BCUT2D eigenvalue weighted by molar-refractivity contribution is 6.30. The lowest BCUT2D eigenvalue weighted by atomic mass is 9.99. The fourth-order valence-corrected chi connectivity index (χ4v) is 1.50. The van der Waals surface area contributed by atoms with Gasteiger partial charge in [-0.2, -0.15) is 0 Å². The van der Waals surface area contributed by atoms with E-state index < -0.39 is 6.10 Å². The van der Waals surface area contributed by atoms with Crippen LogP contribution in [0.2, 0.25) is 5.02 Å². The molecule has 1 unspecified atom stereocenters. The van der Waals surface area contributed by atoms with E-state index in [2.05, 4.69) is 0 Å². The Hall–Kier alpha value is -0.570. The Kier molecular flexibility index (Phi) is 3.31. The zero-order valence-corrected chi connectivity index (χ0v) is 8.55. The van der Waals surface area contributed by atoms with Gasteiger partial charge >= 0.3 is 0 Å². The van der Waals surface area contributed by atoms with Crippen molar-refractivity contribution in [2.45, 2.75) is 26.0 Å². The van der Waals surface area contributed by atoms with Crippen molar-refractivity contribution in [3.63, 3.8) is 0 Å². The molecule has 1 aromatic carbocycles. The summed E-state index contributed by atoms with van der Waals surface area (Å²) in [6, 6.07) is 5.15. The van der Waals surface area contributed by atoms with E-state index in [1.807, 2.05) is 19.1 Å². The van der Waals surface area contributed by atoms with Crippen molar-refractivity contribution in [1.82, 2.24) is 0 Å². The number of nitrogens with two attached hydrogens (primary N) is 1. The zero-order valence-electron chi connectivity index (χ0n) is 7.79. The molecule has 1 rings (SSSR count). The summed E-state index contributed by atoms with van der Waals surface area (Å²) >= 11 is 5.80. The van der Waals surface area contributed by atoms with Gasteiger partial charge in [0.15, 0.2) is 0 Å². The lowest BCUT2D eigenvalue weighted by Crippen LogP contribution is -2.23. The number of aliphatic hydroxyl groups is 1. The molecule has 3 heteroatoms. The third-order valence-electron chi connectivity index (χ3n) is 2.11. The van der Waals surface area contributed by atoms with Gasteiger partial charge in [0.1, 0.15) is 0 Å². The topological polar surface area (TPSA) is 46.2 Å². The number of aliphatic hydroxyl groups excluding tert-OH is 1. The fourth-order valence-electron chi connectivity index (χ4n) is 1.27. The van der Waals surface area contributed by atoms with Crippen molar-refractivity contribution < 1.29 is 5.11 Å². The molecule has 3 N–H and O–H groups in total. The van der Waals surface area contributed by atoms with Gasteiger partial charge in [0.25, 0.3) is 0 Å².